The molecule has 3 rings (SSSR count). The molecule has 2 aromatic rings. The molecular formula is C21H30N4O2. The van der Waals surface area contributed by atoms with Crippen molar-refractivity contribution in [2.45, 2.75) is 39.8 Å². The van der Waals surface area contributed by atoms with Crippen molar-refractivity contribution in [1.82, 2.24) is 19.4 Å². The highest BCUT2D eigenvalue weighted by Crippen LogP contribution is 2.10. The van der Waals surface area contributed by atoms with E-state index in [1.165, 1.54) is 11.1 Å². The third-order valence-corrected chi connectivity index (χ3v) is 5.30. The van der Waals surface area contributed by atoms with Crippen LogP contribution in [-0.2, 0) is 13.1 Å². The summed E-state index contributed by atoms with van der Waals surface area (Å²) in [5.41, 5.74) is 2.67. The third-order valence-electron chi connectivity index (χ3n) is 5.30. The van der Waals surface area contributed by atoms with Crippen LogP contribution in [0.25, 0.3) is 0 Å². The largest absolute Gasteiger partial charge is 0.328 e. The van der Waals surface area contributed by atoms with Crippen molar-refractivity contribution in [3.63, 3.8) is 0 Å². The Morgan fingerprint density at radius 2 is 1.52 bits per heavy atom. The standard InChI is InChI=1S/C21H30N4O2/c1-17-5-7-19(8-6-17)16-24-13-11-23(12-14-24)9-3-4-10-25-15-18(2)20(26)22-21(25)27/h5-8,15H,3-4,9-14,16H2,1-2H3,(H,22,26,27). The average Bonchev–Trinajstić information content (AvgIpc) is 2.66. The van der Waals surface area contributed by atoms with Gasteiger partial charge >= 0.3 is 5.69 Å². The maximum atomic E-state index is 11.8. The van der Waals surface area contributed by atoms with Crippen LogP contribution in [0.4, 0.5) is 0 Å². The number of hydrogen-bond donors (Lipinski definition) is 1. The molecule has 1 aromatic heterocycles. The van der Waals surface area contributed by atoms with Gasteiger partial charge in [-0.15, -0.1) is 0 Å². The maximum Gasteiger partial charge on any atom is 0.328 e. The van der Waals surface area contributed by atoms with Crippen molar-refractivity contribution in [2.24, 2.45) is 0 Å². The number of H-pyrrole nitrogens is 1. The minimum absolute atomic E-state index is 0.292. The molecule has 146 valence electrons. The molecule has 1 aliphatic rings. The molecule has 0 unspecified atom stereocenters. The summed E-state index contributed by atoms with van der Waals surface area (Å²) < 4.78 is 1.61. The first-order valence-corrected chi connectivity index (χ1v) is 9.82. The lowest BCUT2D eigenvalue weighted by molar-refractivity contribution is 0.125. The summed E-state index contributed by atoms with van der Waals surface area (Å²) in [4.78, 5) is 30.6. The second-order valence-electron chi connectivity index (χ2n) is 7.58. The lowest BCUT2D eigenvalue weighted by Gasteiger charge is -2.34. The molecule has 2 heterocycles. The normalized spacial score (nSPS) is 15.9. The van der Waals surface area contributed by atoms with Gasteiger partial charge in [0.05, 0.1) is 0 Å². The van der Waals surface area contributed by atoms with Crippen LogP contribution in [-0.4, -0.2) is 52.1 Å². The molecule has 6 heteroatoms. The van der Waals surface area contributed by atoms with Gasteiger partial charge in [-0.1, -0.05) is 29.8 Å². The molecule has 1 N–H and O–H groups in total. The number of aromatic nitrogens is 2. The molecular weight excluding hydrogens is 340 g/mol. The third kappa shape index (κ3) is 5.65. The Balaban J connectivity index is 1.36. The molecule has 0 bridgehead atoms. The molecule has 0 saturated carbocycles. The number of rotatable bonds is 7. The smallest absolute Gasteiger partial charge is 0.301 e. The van der Waals surface area contributed by atoms with Crippen LogP contribution in [0, 0.1) is 13.8 Å². The van der Waals surface area contributed by atoms with Crippen LogP contribution < -0.4 is 11.2 Å². The Kier molecular flexibility index (Phi) is 6.63. The molecule has 27 heavy (non-hydrogen) atoms. The van der Waals surface area contributed by atoms with Crippen LogP contribution in [0.3, 0.4) is 0 Å². The van der Waals surface area contributed by atoms with Gasteiger partial charge in [0.15, 0.2) is 0 Å². The summed E-state index contributed by atoms with van der Waals surface area (Å²) in [6.45, 7) is 11.0. The molecule has 0 aliphatic carbocycles. The van der Waals surface area contributed by atoms with Crippen molar-refractivity contribution in [3.05, 3.63) is 68.0 Å². The molecule has 6 nitrogen and oxygen atoms in total. The topological polar surface area (TPSA) is 61.3 Å². The number of benzene rings is 1. The predicted molar refractivity (Wildman–Crippen MR) is 108 cm³/mol. The van der Waals surface area contributed by atoms with Gasteiger partial charge in [0.2, 0.25) is 0 Å². The van der Waals surface area contributed by atoms with Gasteiger partial charge in [-0.3, -0.25) is 14.7 Å². The van der Waals surface area contributed by atoms with Crippen molar-refractivity contribution in [2.75, 3.05) is 32.7 Å². The zero-order chi connectivity index (χ0) is 19.2. The summed E-state index contributed by atoms with van der Waals surface area (Å²) in [6.07, 6.45) is 3.66. The summed E-state index contributed by atoms with van der Waals surface area (Å²) >= 11 is 0. The highest BCUT2D eigenvalue weighted by molar-refractivity contribution is 5.21. The predicted octanol–water partition coefficient (Wildman–Crippen LogP) is 1.75. The summed E-state index contributed by atoms with van der Waals surface area (Å²) in [5, 5.41) is 0. The average molecular weight is 370 g/mol. The molecule has 0 amide bonds. The van der Waals surface area contributed by atoms with Crippen molar-refractivity contribution in [3.8, 4) is 0 Å². The first-order chi connectivity index (χ1) is 13.0. The number of unbranched alkanes of at least 4 members (excludes halogenated alkanes) is 1. The van der Waals surface area contributed by atoms with E-state index >= 15 is 0 Å². The summed E-state index contributed by atoms with van der Waals surface area (Å²) in [6, 6.07) is 8.81. The van der Waals surface area contributed by atoms with Crippen molar-refractivity contribution in [1.29, 1.82) is 0 Å². The quantitative estimate of drug-likeness (QED) is 0.755. The number of hydrogen-bond acceptors (Lipinski definition) is 4. The van der Waals surface area contributed by atoms with Crippen molar-refractivity contribution < 1.29 is 0 Å². The van der Waals surface area contributed by atoms with Crippen molar-refractivity contribution >= 4 is 0 Å². The van der Waals surface area contributed by atoms with Crippen LogP contribution in [0.2, 0.25) is 0 Å². The lowest BCUT2D eigenvalue weighted by atomic mass is 10.1. The van der Waals surface area contributed by atoms with Gasteiger partial charge in [0, 0.05) is 51.0 Å². The Hall–Kier alpha value is -2.18. The first-order valence-electron chi connectivity index (χ1n) is 9.82. The van der Waals surface area contributed by atoms with Crippen LogP contribution in [0.1, 0.15) is 29.5 Å². The number of aromatic amines is 1. The molecule has 0 atom stereocenters. The Labute approximate surface area is 160 Å². The van der Waals surface area contributed by atoms with E-state index in [-0.39, 0.29) is 11.2 Å². The van der Waals surface area contributed by atoms with E-state index in [4.69, 9.17) is 0 Å². The van der Waals surface area contributed by atoms with E-state index < -0.39 is 0 Å². The number of aryl methyl sites for hydroxylation is 3. The van der Waals surface area contributed by atoms with Crippen LogP contribution in [0.5, 0.6) is 0 Å². The van der Waals surface area contributed by atoms with E-state index in [1.807, 2.05) is 0 Å². The first kappa shape index (κ1) is 19.6. The molecule has 0 radical (unpaired) electrons. The van der Waals surface area contributed by atoms with Gasteiger partial charge in [-0.05, 0) is 38.8 Å². The van der Waals surface area contributed by atoms with Gasteiger partial charge in [-0.2, -0.15) is 0 Å². The highest BCUT2D eigenvalue weighted by Gasteiger charge is 2.16. The molecule has 1 saturated heterocycles. The number of nitrogens with one attached hydrogen (secondary N) is 1. The van der Waals surface area contributed by atoms with E-state index in [9.17, 15) is 9.59 Å². The zero-order valence-corrected chi connectivity index (χ0v) is 16.4. The SMILES string of the molecule is Cc1ccc(CN2CCN(CCCCn3cc(C)c(=O)[nH]c3=O)CC2)cc1. The fraction of sp³-hybridized carbons (Fsp3) is 0.524. The number of piperazine rings is 1. The fourth-order valence-corrected chi connectivity index (χ4v) is 3.52. The Morgan fingerprint density at radius 3 is 2.22 bits per heavy atom. The Bertz CT molecular complexity index is 846. The van der Waals surface area contributed by atoms with E-state index in [0.717, 1.165) is 52.1 Å². The summed E-state index contributed by atoms with van der Waals surface area (Å²) in [7, 11) is 0. The van der Waals surface area contributed by atoms with Gasteiger partial charge in [0.25, 0.3) is 5.56 Å². The van der Waals surface area contributed by atoms with Gasteiger partial charge in [0.1, 0.15) is 0 Å². The van der Waals surface area contributed by atoms with Gasteiger partial charge in [-0.25, -0.2) is 4.79 Å². The number of nitrogens with zero attached hydrogens (tertiary/aromatic N) is 3. The van der Waals surface area contributed by atoms with Crippen LogP contribution in [0.15, 0.2) is 40.1 Å². The molecule has 1 fully saturated rings. The van der Waals surface area contributed by atoms with E-state index in [1.54, 1.807) is 17.7 Å². The van der Waals surface area contributed by atoms with Gasteiger partial charge < -0.3 is 9.47 Å². The second-order valence-corrected chi connectivity index (χ2v) is 7.58. The minimum atomic E-state index is -0.310. The van der Waals surface area contributed by atoms with E-state index in [2.05, 4.69) is 46.0 Å². The maximum absolute atomic E-state index is 11.8. The monoisotopic (exact) mass is 370 g/mol. The highest BCUT2D eigenvalue weighted by atomic mass is 16.2. The fourth-order valence-electron chi connectivity index (χ4n) is 3.52. The molecule has 0 spiro atoms. The molecule has 1 aliphatic heterocycles. The Morgan fingerprint density at radius 1 is 0.889 bits per heavy atom. The zero-order valence-electron chi connectivity index (χ0n) is 16.4. The summed E-state index contributed by atoms with van der Waals surface area (Å²) in [5.74, 6) is 0. The van der Waals surface area contributed by atoms with E-state index in [0.29, 0.717) is 12.1 Å². The van der Waals surface area contributed by atoms with Crippen LogP contribution >= 0.6 is 0 Å². The minimum Gasteiger partial charge on any atom is -0.301 e. The second kappa shape index (κ2) is 9.15. The molecule has 1 aromatic carbocycles. The lowest BCUT2D eigenvalue weighted by Crippen LogP contribution is -2.46.